The van der Waals surface area contributed by atoms with Crippen LogP contribution in [0.3, 0.4) is 0 Å². The van der Waals surface area contributed by atoms with Crippen LogP contribution in [0.5, 0.6) is 0 Å². The second-order valence-corrected chi connectivity index (χ2v) is 3.53. The third-order valence-electron chi connectivity index (χ3n) is 1.69. The van der Waals surface area contributed by atoms with Crippen LogP contribution in [0.4, 0.5) is 5.13 Å². The number of nitrogens with zero attached hydrogens (tertiary/aromatic N) is 1. The van der Waals surface area contributed by atoms with Crippen molar-refractivity contribution in [2.24, 2.45) is 0 Å². The molecule has 0 bridgehead atoms. The molecule has 1 aromatic rings. The maximum atomic E-state index is 11.2. The van der Waals surface area contributed by atoms with E-state index in [1.54, 1.807) is 0 Å². The fourth-order valence-corrected chi connectivity index (χ4v) is 2.03. The maximum absolute atomic E-state index is 11.2. The smallest absolute Gasteiger partial charge is 0.180 e. The number of aromatic nitrogens is 1. The third-order valence-corrected chi connectivity index (χ3v) is 2.63. The molecule has 1 aliphatic carbocycles. The summed E-state index contributed by atoms with van der Waals surface area (Å²) in [6, 6.07) is 0. The van der Waals surface area contributed by atoms with Gasteiger partial charge >= 0.3 is 0 Å². The molecule has 1 aromatic heterocycles. The molecule has 1 atom stereocenters. The summed E-state index contributed by atoms with van der Waals surface area (Å²) in [5.74, 6) is -0.404. The summed E-state index contributed by atoms with van der Waals surface area (Å²) in [5.41, 5.74) is 6.18. The standard InChI is InChI=1S/C6H5BN2OS/c7-2-1-3-5(4(2)10)11-6(8)9-3/h2H,1H2,(H2,8,9). The molecule has 0 spiro atoms. The molecule has 0 aromatic carbocycles. The number of carbonyl (C=O) groups is 1. The van der Waals surface area contributed by atoms with Gasteiger partial charge < -0.3 is 5.73 Å². The SMILES string of the molecule is [B]C1Cc2nc(N)sc2C1=O. The van der Waals surface area contributed by atoms with E-state index in [1.165, 1.54) is 11.3 Å². The van der Waals surface area contributed by atoms with Crippen LogP contribution in [-0.4, -0.2) is 18.6 Å². The van der Waals surface area contributed by atoms with E-state index in [-0.39, 0.29) is 11.6 Å². The van der Waals surface area contributed by atoms with E-state index in [4.69, 9.17) is 13.6 Å². The van der Waals surface area contributed by atoms with Crippen molar-refractivity contribution in [3.63, 3.8) is 0 Å². The Bertz CT molecular complexity index is 322. The highest BCUT2D eigenvalue weighted by Crippen LogP contribution is 2.33. The molecule has 54 valence electrons. The molecule has 0 amide bonds. The lowest BCUT2D eigenvalue weighted by Crippen LogP contribution is -2.00. The summed E-state index contributed by atoms with van der Waals surface area (Å²) >= 11 is 1.23. The van der Waals surface area contributed by atoms with Gasteiger partial charge in [-0.3, -0.25) is 4.79 Å². The van der Waals surface area contributed by atoms with E-state index in [0.717, 1.165) is 5.69 Å². The highest BCUT2D eigenvalue weighted by Gasteiger charge is 2.29. The molecule has 1 heterocycles. The minimum atomic E-state index is -0.385. The molecular formula is C6H5BN2OS. The van der Waals surface area contributed by atoms with Crippen LogP contribution in [0.2, 0.25) is 5.82 Å². The van der Waals surface area contributed by atoms with Crippen LogP contribution >= 0.6 is 11.3 Å². The first-order chi connectivity index (χ1) is 5.18. The molecule has 0 saturated carbocycles. The first-order valence-corrected chi connectivity index (χ1v) is 4.05. The lowest BCUT2D eigenvalue weighted by Gasteiger charge is -1.94. The third kappa shape index (κ3) is 0.877. The fraction of sp³-hybridized carbons (Fsp3) is 0.333. The molecule has 0 fully saturated rings. The van der Waals surface area contributed by atoms with Crippen molar-refractivity contribution >= 4 is 30.1 Å². The zero-order valence-corrected chi connectivity index (χ0v) is 6.52. The second kappa shape index (κ2) is 2.07. The number of thiazole rings is 1. The number of nitrogen functional groups attached to an aromatic ring is 1. The summed E-state index contributed by atoms with van der Waals surface area (Å²) in [5, 5.41) is 0.454. The molecule has 1 aliphatic rings. The van der Waals surface area contributed by atoms with Gasteiger partial charge in [0.05, 0.1) is 18.4 Å². The highest BCUT2D eigenvalue weighted by molar-refractivity contribution is 7.17. The maximum Gasteiger partial charge on any atom is 0.180 e. The van der Waals surface area contributed by atoms with Gasteiger partial charge in [-0.05, 0) is 12.2 Å². The molecular weight excluding hydrogens is 159 g/mol. The van der Waals surface area contributed by atoms with Gasteiger partial charge in [-0.2, -0.15) is 0 Å². The Kier molecular flexibility index (Phi) is 1.29. The summed E-state index contributed by atoms with van der Waals surface area (Å²) in [6.45, 7) is 0. The van der Waals surface area contributed by atoms with Crippen molar-refractivity contribution in [3.05, 3.63) is 10.6 Å². The van der Waals surface area contributed by atoms with E-state index in [2.05, 4.69) is 4.98 Å². The predicted molar refractivity (Wildman–Crippen MR) is 44.1 cm³/mol. The van der Waals surface area contributed by atoms with Crippen molar-refractivity contribution in [2.75, 3.05) is 5.73 Å². The van der Waals surface area contributed by atoms with Crippen LogP contribution in [0.25, 0.3) is 0 Å². The van der Waals surface area contributed by atoms with Crippen LogP contribution < -0.4 is 5.73 Å². The number of anilines is 1. The summed E-state index contributed by atoms with van der Waals surface area (Å²) in [6.07, 6.45) is 0.544. The van der Waals surface area contributed by atoms with Gasteiger partial charge in [-0.15, -0.1) is 0 Å². The molecule has 11 heavy (non-hydrogen) atoms. The van der Waals surface area contributed by atoms with Crippen LogP contribution in [0.15, 0.2) is 0 Å². The normalized spacial score (nSPS) is 22.2. The Labute approximate surface area is 69.0 Å². The molecule has 2 radical (unpaired) electrons. The first kappa shape index (κ1) is 6.85. The fourth-order valence-electron chi connectivity index (χ4n) is 1.17. The average Bonchev–Trinajstić information content (AvgIpc) is 2.37. The Hall–Kier alpha value is -0.835. The van der Waals surface area contributed by atoms with Gasteiger partial charge in [0.1, 0.15) is 0 Å². The Balaban J connectivity index is 2.52. The zero-order chi connectivity index (χ0) is 8.01. The predicted octanol–water partition coefficient (Wildman–Crippen LogP) is 0.421. The molecule has 2 rings (SSSR count). The summed E-state index contributed by atoms with van der Waals surface area (Å²) < 4.78 is 0. The number of carbonyl (C=O) groups excluding carboxylic acids is 1. The highest BCUT2D eigenvalue weighted by atomic mass is 32.1. The largest absolute Gasteiger partial charge is 0.375 e. The lowest BCUT2D eigenvalue weighted by atomic mass is 9.85. The van der Waals surface area contributed by atoms with E-state index in [0.29, 0.717) is 16.4 Å². The van der Waals surface area contributed by atoms with Crippen LogP contribution in [0.1, 0.15) is 15.4 Å². The second-order valence-electron chi connectivity index (χ2n) is 2.50. The molecule has 1 unspecified atom stereocenters. The topological polar surface area (TPSA) is 56.0 Å². The molecule has 0 aliphatic heterocycles. The Morgan fingerprint density at radius 3 is 3.09 bits per heavy atom. The number of ketones is 1. The summed E-state index contributed by atoms with van der Waals surface area (Å²) in [7, 11) is 5.50. The average molecular weight is 164 g/mol. The monoisotopic (exact) mass is 164 g/mol. The van der Waals surface area contributed by atoms with E-state index in [1.807, 2.05) is 0 Å². The zero-order valence-electron chi connectivity index (χ0n) is 5.70. The van der Waals surface area contributed by atoms with E-state index < -0.39 is 0 Å². The number of fused-ring (bicyclic) bond motifs is 1. The molecule has 0 saturated heterocycles. The van der Waals surface area contributed by atoms with E-state index >= 15 is 0 Å². The molecule has 3 nitrogen and oxygen atoms in total. The van der Waals surface area contributed by atoms with Gasteiger partial charge in [0.15, 0.2) is 10.9 Å². The van der Waals surface area contributed by atoms with Gasteiger partial charge in [-0.25, -0.2) is 4.98 Å². The number of Topliss-reactive ketones (excluding diaryl/α,β-unsaturated/α-hetero) is 1. The number of nitrogens with two attached hydrogens (primary N) is 1. The number of hydrogen-bond acceptors (Lipinski definition) is 4. The number of rotatable bonds is 0. The Morgan fingerprint density at radius 1 is 1.73 bits per heavy atom. The van der Waals surface area contributed by atoms with Gasteiger partial charge in [0.2, 0.25) is 0 Å². The van der Waals surface area contributed by atoms with Crippen molar-refractivity contribution < 1.29 is 4.79 Å². The minimum absolute atomic E-state index is 0.0193. The van der Waals surface area contributed by atoms with Crippen LogP contribution in [-0.2, 0) is 6.42 Å². The molecule has 5 heteroatoms. The van der Waals surface area contributed by atoms with Crippen LogP contribution in [0, 0.1) is 0 Å². The first-order valence-electron chi connectivity index (χ1n) is 3.23. The van der Waals surface area contributed by atoms with Crippen molar-refractivity contribution in [1.82, 2.24) is 4.98 Å². The van der Waals surface area contributed by atoms with Crippen molar-refractivity contribution in [2.45, 2.75) is 12.2 Å². The minimum Gasteiger partial charge on any atom is -0.375 e. The summed E-state index contributed by atoms with van der Waals surface area (Å²) in [4.78, 5) is 15.8. The van der Waals surface area contributed by atoms with Gasteiger partial charge in [0, 0.05) is 0 Å². The van der Waals surface area contributed by atoms with Gasteiger partial charge in [-0.1, -0.05) is 11.3 Å². The Morgan fingerprint density at radius 2 is 2.45 bits per heavy atom. The van der Waals surface area contributed by atoms with Crippen molar-refractivity contribution in [3.8, 4) is 0 Å². The van der Waals surface area contributed by atoms with Crippen molar-refractivity contribution in [1.29, 1.82) is 0 Å². The lowest BCUT2D eigenvalue weighted by molar-refractivity contribution is 0.0998. The quantitative estimate of drug-likeness (QED) is 0.565. The van der Waals surface area contributed by atoms with Gasteiger partial charge in [0.25, 0.3) is 0 Å². The molecule has 2 N–H and O–H groups in total. The number of hydrogen-bond donors (Lipinski definition) is 1. The van der Waals surface area contributed by atoms with E-state index in [9.17, 15) is 4.79 Å².